The first-order valence-electron chi connectivity index (χ1n) is 6.22. The Hall–Kier alpha value is -1.68. The highest BCUT2D eigenvalue weighted by molar-refractivity contribution is 6.30. The molecule has 1 N–H and O–H groups in total. The number of hydrogen-bond donors (Lipinski definition) is 1. The lowest BCUT2D eigenvalue weighted by molar-refractivity contribution is 0.619. The molecular formula is C14H13ClFN3. The summed E-state index contributed by atoms with van der Waals surface area (Å²) in [6.07, 6.45) is 2.92. The number of nitrogens with zero attached hydrogens (tertiary/aromatic N) is 2. The molecule has 3 nitrogen and oxygen atoms in total. The van der Waals surface area contributed by atoms with Gasteiger partial charge >= 0.3 is 0 Å². The normalized spacial score (nSPS) is 13.4. The van der Waals surface area contributed by atoms with Crippen LogP contribution in [0.15, 0.2) is 18.2 Å². The van der Waals surface area contributed by atoms with Gasteiger partial charge in [-0.15, -0.1) is 0 Å². The summed E-state index contributed by atoms with van der Waals surface area (Å²) < 4.78 is 13.5. The van der Waals surface area contributed by atoms with Gasteiger partial charge in [0.25, 0.3) is 0 Å². The van der Waals surface area contributed by atoms with Crippen LogP contribution in [-0.4, -0.2) is 9.97 Å². The zero-order chi connectivity index (χ0) is 13.4. The van der Waals surface area contributed by atoms with E-state index in [2.05, 4.69) is 15.3 Å². The van der Waals surface area contributed by atoms with Crippen molar-refractivity contribution in [1.29, 1.82) is 0 Å². The Bertz CT molecular complexity index is 643. The van der Waals surface area contributed by atoms with E-state index in [0.717, 1.165) is 30.5 Å². The van der Waals surface area contributed by atoms with Crippen LogP contribution < -0.4 is 5.32 Å². The Morgan fingerprint density at radius 3 is 2.95 bits per heavy atom. The molecule has 2 aromatic rings. The standard InChI is InChI=1S/C14H13ClFN3/c1-8-10(16)5-3-6-11(8)17-14-18-12-7-2-4-9(12)13(15)19-14/h3,5-6H,2,4,7H2,1H3,(H,17,18,19). The van der Waals surface area contributed by atoms with Gasteiger partial charge < -0.3 is 5.32 Å². The fourth-order valence-corrected chi connectivity index (χ4v) is 2.59. The maximum atomic E-state index is 13.5. The number of hydrogen-bond acceptors (Lipinski definition) is 3. The smallest absolute Gasteiger partial charge is 0.228 e. The molecule has 19 heavy (non-hydrogen) atoms. The van der Waals surface area contributed by atoms with Crippen molar-refractivity contribution >= 4 is 23.2 Å². The monoisotopic (exact) mass is 277 g/mol. The molecule has 0 saturated heterocycles. The zero-order valence-electron chi connectivity index (χ0n) is 10.5. The summed E-state index contributed by atoms with van der Waals surface area (Å²) in [5.41, 5.74) is 3.25. The van der Waals surface area contributed by atoms with Crippen LogP contribution in [0, 0.1) is 12.7 Å². The minimum atomic E-state index is -0.253. The summed E-state index contributed by atoms with van der Waals surface area (Å²) in [5, 5.41) is 3.54. The molecule has 3 rings (SSSR count). The van der Waals surface area contributed by atoms with Gasteiger partial charge in [-0.05, 0) is 38.3 Å². The molecule has 1 aromatic carbocycles. The van der Waals surface area contributed by atoms with E-state index in [1.807, 2.05) is 0 Å². The Kier molecular flexibility index (Phi) is 3.11. The summed E-state index contributed by atoms with van der Waals surface area (Å²) in [7, 11) is 0. The number of nitrogens with one attached hydrogen (secondary N) is 1. The molecule has 0 spiro atoms. The van der Waals surface area contributed by atoms with Gasteiger partial charge in [0, 0.05) is 16.8 Å². The van der Waals surface area contributed by atoms with Crippen LogP contribution in [0.1, 0.15) is 23.2 Å². The number of rotatable bonds is 2. The predicted octanol–water partition coefficient (Wildman–Crippen LogP) is 3.81. The molecule has 0 amide bonds. The Balaban J connectivity index is 1.96. The molecule has 0 aliphatic heterocycles. The van der Waals surface area contributed by atoms with Crippen molar-refractivity contribution in [3.63, 3.8) is 0 Å². The number of anilines is 2. The minimum absolute atomic E-state index is 0.253. The van der Waals surface area contributed by atoms with E-state index in [-0.39, 0.29) is 5.82 Å². The first kappa shape index (κ1) is 12.4. The maximum absolute atomic E-state index is 13.5. The SMILES string of the molecule is Cc1c(F)cccc1Nc1nc(Cl)c2c(n1)CCC2. The summed E-state index contributed by atoms with van der Waals surface area (Å²) >= 11 is 6.15. The number of aromatic nitrogens is 2. The van der Waals surface area contributed by atoms with Gasteiger partial charge in [-0.25, -0.2) is 14.4 Å². The molecule has 5 heteroatoms. The average Bonchev–Trinajstić information content (AvgIpc) is 2.84. The second-order valence-corrected chi connectivity index (χ2v) is 5.01. The molecule has 0 unspecified atom stereocenters. The van der Waals surface area contributed by atoms with Gasteiger partial charge in [0.2, 0.25) is 5.95 Å². The molecular weight excluding hydrogens is 265 g/mol. The molecule has 1 aliphatic rings. The molecule has 1 aliphatic carbocycles. The van der Waals surface area contributed by atoms with Crippen molar-refractivity contribution < 1.29 is 4.39 Å². The number of fused-ring (bicyclic) bond motifs is 1. The Morgan fingerprint density at radius 1 is 1.26 bits per heavy atom. The van der Waals surface area contributed by atoms with E-state index in [1.54, 1.807) is 19.1 Å². The third kappa shape index (κ3) is 2.28. The van der Waals surface area contributed by atoms with Crippen molar-refractivity contribution in [3.05, 3.63) is 46.0 Å². The molecule has 1 aromatic heterocycles. The average molecular weight is 278 g/mol. The van der Waals surface area contributed by atoms with E-state index >= 15 is 0 Å². The van der Waals surface area contributed by atoms with Crippen molar-refractivity contribution in [3.8, 4) is 0 Å². The highest BCUT2D eigenvalue weighted by Gasteiger charge is 2.18. The Morgan fingerprint density at radius 2 is 2.11 bits per heavy atom. The van der Waals surface area contributed by atoms with Crippen LogP contribution >= 0.6 is 11.6 Å². The molecule has 0 saturated carbocycles. The van der Waals surface area contributed by atoms with E-state index in [0.29, 0.717) is 22.4 Å². The molecule has 98 valence electrons. The van der Waals surface area contributed by atoms with Crippen molar-refractivity contribution in [2.75, 3.05) is 5.32 Å². The summed E-state index contributed by atoms with van der Waals surface area (Å²) in [6, 6.07) is 4.87. The van der Waals surface area contributed by atoms with Crippen LogP contribution in [0.4, 0.5) is 16.0 Å². The van der Waals surface area contributed by atoms with Gasteiger partial charge in [0.05, 0.1) is 5.69 Å². The van der Waals surface area contributed by atoms with Crippen molar-refractivity contribution in [2.24, 2.45) is 0 Å². The number of halogens is 2. The van der Waals surface area contributed by atoms with E-state index in [9.17, 15) is 4.39 Å². The van der Waals surface area contributed by atoms with Crippen LogP contribution in [0.5, 0.6) is 0 Å². The van der Waals surface area contributed by atoms with E-state index < -0.39 is 0 Å². The Labute approximate surface area is 115 Å². The van der Waals surface area contributed by atoms with Crippen LogP contribution in [0.3, 0.4) is 0 Å². The summed E-state index contributed by atoms with van der Waals surface area (Å²) in [4.78, 5) is 8.68. The number of benzene rings is 1. The fraction of sp³-hybridized carbons (Fsp3) is 0.286. The highest BCUT2D eigenvalue weighted by Crippen LogP contribution is 2.28. The second kappa shape index (κ2) is 4.78. The lowest BCUT2D eigenvalue weighted by Gasteiger charge is -2.10. The summed E-state index contributed by atoms with van der Waals surface area (Å²) in [5.74, 6) is 0.177. The van der Waals surface area contributed by atoms with Crippen molar-refractivity contribution in [2.45, 2.75) is 26.2 Å². The van der Waals surface area contributed by atoms with E-state index in [4.69, 9.17) is 11.6 Å². The fourth-order valence-electron chi connectivity index (χ4n) is 2.31. The van der Waals surface area contributed by atoms with Crippen molar-refractivity contribution in [1.82, 2.24) is 9.97 Å². The largest absolute Gasteiger partial charge is 0.324 e. The van der Waals surface area contributed by atoms with Gasteiger partial charge in [0.1, 0.15) is 11.0 Å². The molecule has 0 fully saturated rings. The van der Waals surface area contributed by atoms with Gasteiger partial charge in [-0.2, -0.15) is 0 Å². The minimum Gasteiger partial charge on any atom is -0.324 e. The number of aryl methyl sites for hydroxylation is 1. The first-order valence-corrected chi connectivity index (χ1v) is 6.60. The molecule has 0 bridgehead atoms. The molecule has 0 radical (unpaired) electrons. The second-order valence-electron chi connectivity index (χ2n) is 4.65. The quantitative estimate of drug-likeness (QED) is 0.848. The highest BCUT2D eigenvalue weighted by atomic mass is 35.5. The lowest BCUT2D eigenvalue weighted by Crippen LogP contribution is -2.03. The van der Waals surface area contributed by atoms with Crippen LogP contribution in [0.2, 0.25) is 5.15 Å². The maximum Gasteiger partial charge on any atom is 0.228 e. The van der Waals surface area contributed by atoms with Crippen LogP contribution in [0.25, 0.3) is 0 Å². The summed E-state index contributed by atoms with van der Waals surface area (Å²) in [6.45, 7) is 1.71. The first-order chi connectivity index (χ1) is 9.15. The predicted molar refractivity (Wildman–Crippen MR) is 73.5 cm³/mol. The zero-order valence-corrected chi connectivity index (χ0v) is 11.3. The van der Waals surface area contributed by atoms with Gasteiger partial charge in [-0.1, -0.05) is 17.7 Å². The topological polar surface area (TPSA) is 37.8 Å². The molecule has 1 heterocycles. The van der Waals surface area contributed by atoms with E-state index in [1.165, 1.54) is 6.07 Å². The van der Waals surface area contributed by atoms with Gasteiger partial charge in [0.15, 0.2) is 0 Å². The van der Waals surface area contributed by atoms with Gasteiger partial charge in [-0.3, -0.25) is 0 Å². The molecule has 0 atom stereocenters. The van der Waals surface area contributed by atoms with Crippen LogP contribution in [-0.2, 0) is 12.8 Å². The third-order valence-corrected chi connectivity index (χ3v) is 3.71. The lowest BCUT2D eigenvalue weighted by atomic mass is 10.2. The third-order valence-electron chi connectivity index (χ3n) is 3.40.